The molecule has 1 saturated carbocycles. The Bertz CT molecular complexity index is 973. The molecule has 2 N–H and O–H groups in total. The lowest BCUT2D eigenvalue weighted by molar-refractivity contribution is -0.144. The van der Waals surface area contributed by atoms with Crippen molar-refractivity contribution in [1.82, 2.24) is 15.4 Å². The first-order chi connectivity index (χ1) is 14.2. The lowest BCUT2D eigenvalue weighted by Crippen LogP contribution is -2.54. The number of benzene rings is 1. The van der Waals surface area contributed by atoms with Crippen LogP contribution in [0.25, 0.3) is 11.3 Å². The molecular formula is C21H23F2N3O4. The molecule has 0 spiro atoms. The molecule has 7 nitrogen and oxygen atoms in total. The Morgan fingerprint density at radius 1 is 1.33 bits per heavy atom. The molecule has 9 heteroatoms. The molecule has 2 heterocycles. The van der Waals surface area contributed by atoms with Crippen molar-refractivity contribution in [2.24, 2.45) is 11.3 Å². The summed E-state index contributed by atoms with van der Waals surface area (Å²) < 4.78 is 32.0. The van der Waals surface area contributed by atoms with Crippen LogP contribution in [-0.2, 0) is 4.79 Å². The van der Waals surface area contributed by atoms with E-state index < -0.39 is 35.5 Å². The largest absolute Gasteiger partial charge is 0.481 e. The maximum absolute atomic E-state index is 13.9. The summed E-state index contributed by atoms with van der Waals surface area (Å²) in [5, 5.41) is 16.0. The predicted octanol–water partition coefficient (Wildman–Crippen LogP) is 2.92. The fraction of sp³-hybridized carbons (Fsp3) is 0.476. The first-order valence-electron chi connectivity index (χ1n) is 9.92. The summed E-state index contributed by atoms with van der Waals surface area (Å²) in [6, 6.07) is 3.70. The number of nitrogens with zero attached hydrogens (tertiary/aromatic N) is 2. The van der Waals surface area contributed by atoms with Crippen LogP contribution in [0.5, 0.6) is 0 Å². The van der Waals surface area contributed by atoms with Crippen LogP contribution in [0.3, 0.4) is 0 Å². The third kappa shape index (κ3) is 4.35. The van der Waals surface area contributed by atoms with Crippen LogP contribution in [0.15, 0.2) is 28.8 Å². The first kappa shape index (κ1) is 20.5. The Kier molecular flexibility index (Phi) is 5.31. The number of carbonyl (C=O) groups is 2. The number of nitrogens with one attached hydrogen (secondary N) is 1. The molecule has 2 unspecified atom stereocenters. The lowest BCUT2D eigenvalue weighted by Gasteiger charge is -2.37. The van der Waals surface area contributed by atoms with Crippen molar-refractivity contribution in [3.63, 3.8) is 0 Å². The van der Waals surface area contributed by atoms with Gasteiger partial charge in [-0.1, -0.05) is 12.1 Å². The van der Waals surface area contributed by atoms with Gasteiger partial charge in [-0.2, -0.15) is 0 Å². The average Bonchev–Trinajstić information content (AvgIpc) is 3.21. The topological polar surface area (TPSA) is 95.7 Å². The van der Waals surface area contributed by atoms with E-state index in [-0.39, 0.29) is 22.4 Å². The number of aromatic nitrogens is 1. The summed E-state index contributed by atoms with van der Waals surface area (Å²) in [4.78, 5) is 26.5. The summed E-state index contributed by atoms with van der Waals surface area (Å²) in [6.45, 7) is 4.14. The number of piperidine rings is 1. The van der Waals surface area contributed by atoms with Gasteiger partial charge in [-0.25, -0.2) is 8.78 Å². The Hall–Kier alpha value is -2.81. The van der Waals surface area contributed by atoms with Crippen molar-refractivity contribution in [1.29, 1.82) is 0 Å². The highest BCUT2D eigenvalue weighted by atomic mass is 19.1. The van der Waals surface area contributed by atoms with E-state index in [1.165, 1.54) is 12.1 Å². The van der Waals surface area contributed by atoms with Gasteiger partial charge in [0.1, 0.15) is 11.6 Å². The third-order valence-corrected chi connectivity index (χ3v) is 5.98. The van der Waals surface area contributed by atoms with Crippen LogP contribution in [0.4, 0.5) is 8.78 Å². The first-order valence-corrected chi connectivity index (χ1v) is 9.92. The molecule has 1 aliphatic heterocycles. The van der Waals surface area contributed by atoms with Crippen LogP contribution in [0.1, 0.15) is 36.7 Å². The van der Waals surface area contributed by atoms with Gasteiger partial charge in [-0.05, 0) is 36.8 Å². The molecule has 1 aromatic heterocycles. The van der Waals surface area contributed by atoms with Crippen molar-refractivity contribution < 1.29 is 28.0 Å². The van der Waals surface area contributed by atoms with Crippen molar-refractivity contribution in [3.05, 3.63) is 41.6 Å². The predicted molar refractivity (Wildman–Crippen MR) is 103 cm³/mol. The Balaban J connectivity index is 1.43. The fourth-order valence-corrected chi connectivity index (χ4v) is 3.94. The SMILES string of the molecule is CC1(CN2CCC(NC(=O)c3cc(-c4ccc(F)cc4F)on3)C(C(=O)O)C2)CC1. The molecule has 1 amide bonds. The number of amides is 1. The van der Waals surface area contributed by atoms with Crippen molar-refractivity contribution >= 4 is 11.9 Å². The van der Waals surface area contributed by atoms with E-state index in [0.717, 1.165) is 25.5 Å². The highest BCUT2D eigenvalue weighted by Crippen LogP contribution is 2.45. The number of rotatable bonds is 6. The zero-order chi connectivity index (χ0) is 21.5. The summed E-state index contributed by atoms with van der Waals surface area (Å²) in [7, 11) is 0. The molecule has 2 aromatic rings. The summed E-state index contributed by atoms with van der Waals surface area (Å²) in [5.41, 5.74) is 0.172. The molecule has 0 radical (unpaired) electrons. The van der Waals surface area contributed by atoms with E-state index in [2.05, 4.69) is 22.3 Å². The smallest absolute Gasteiger partial charge is 0.309 e. The fourth-order valence-electron chi connectivity index (χ4n) is 3.94. The number of carboxylic acids is 1. The van der Waals surface area contributed by atoms with Gasteiger partial charge in [0, 0.05) is 37.8 Å². The monoisotopic (exact) mass is 419 g/mol. The van der Waals surface area contributed by atoms with Gasteiger partial charge in [0.2, 0.25) is 0 Å². The minimum Gasteiger partial charge on any atom is -0.481 e. The van der Waals surface area contributed by atoms with E-state index in [4.69, 9.17) is 4.52 Å². The minimum atomic E-state index is -0.958. The van der Waals surface area contributed by atoms with Crippen molar-refractivity contribution in [2.75, 3.05) is 19.6 Å². The molecule has 2 fully saturated rings. The molecular weight excluding hydrogens is 396 g/mol. The van der Waals surface area contributed by atoms with Crippen LogP contribution in [-0.4, -0.2) is 52.7 Å². The number of hydrogen-bond acceptors (Lipinski definition) is 5. The molecule has 2 aliphatic rings. The van der Waals surface area contributed by atoms with E-state index in [9.17, 15) is 23.5 Å². The van der Waals surface area contributed by atoms with Crippen LogP contribution >= 0.6 is 0 Å². The summed E-state index contributed by atoms with van der Waals surface area (Å²) in [5.74, 6) is -3.85. The molecule has 1 aromatic carbocycles. The zero-order valence-corrected chi connectivity index (χ0v) is 16.5. The second-order valence-corrected chi connectivity index (χ2v) is 8.56. The van der Waals surface area contributed by atoms with Gasteiger partial charge < -0.3 is 19.8 Å². The Labute approximate surface area is 172 Å². The highest BCUT2D eigenvalue weighted by Gasteiger charge is 2.42. The minimum absolute atomic E-state index is 0.0140. The maximum Gasteiger partial charge on any atom is 0.309 e. The van der Waals surface area contributed by atoms with Gasteiger partial charge in [0.05, 0.1) is 11.5 Å². The van der Waals surface area contributed by atoms with Gasteiger partial charge in [-0.3, -0.25) is 9.59 Å². The number of carbonyl (C=O) groups excluding carboxylic acids is 1. The molecule has 1 saturated heterocycles. The Morgan fingerprint density at radius 3 is 2.77 bits per heavy atom. The van der Waals surface area contributed by atoms with E-state index >= 15 is 0 Å². The molecule has 160 valence electrons. The summed E-state index contributed by atoms with van der Waals surface area (Å²) >= 11 is 0. The second kappa shape index (κ2) is 7.79. The zero-order valence-electron chi connectivity index (χ0n) is 16.5. The number of aliphatic carboxylic acids is 1. The third-order valence-electron chi connectivity index (χ3n) is 5.98. The van der Waals surface area contributed by atoms with Gasteiger partial charge in [-0.15, -0.1) is 0 Å². The van der Waals surface area contributed by atoms with Crippen LogP contribution in [0.2, 0.25) is 0 Å². The second-order valence-electron chi connectivity index (χ2n) is 8.56. The maximum atomic E-state index is 13.9. The van der Waals surface area contributed by atoms with E-state index in [0.29, 0.717) is 25.6 Å². The summed E-state index contributed by atoms with van der Waals surface area (Å²) in [6.07, 6.45) is 2.82. The van der Waals surface area contributed by atoms with Gasteiger partial charge in [0.15, 0.2) is 11.5 Å². The highest BCUT2D eigenvalue weighted by molar-refractivity contribution is 5.93. The number of hydrogen-bond donors (Lipinski definition) is 2. The number of likely N-dealkylation sites (tertiary alicyclic amines) is 1. The van der Waals surface area contributed by atoms with Gasteiger partial charge >= 0.3 is 5.97 Å². The molecule has 1 aliphatic carbocycles. The van der Waals surface area contributed by atoms with Crippen molar-refractivity contribution in [3.8, 4) is 11.3 Å². The molecule has 2 atom stereocenters. The van der Waals surface area contributed by atoms with Crippen LogP contribution in [0, 0.1) is 23.0 Å². The number of halogens is 2. The Morgan fingerprint density at radius 2 is 2.10 bits per heavy atom. The molecule has 4 rings (SSSR count). The molecule has 0 bridgehead atoms. The number of carboxylic acid groups (broad SMARTS) is 1. The van der Waals surface area contributed by atoms with Crippen LogP contribution < -0.4 is 5.32 Å². The van der Waals surface area contributed by atoms with E-state index in [1.54, 1.807) is 0 Å². The van der Waals surface area contributed by atoms with E-state index in [1.807, 2.05) is 0 Å². The normalized spacial score (nSPS) is 23.2. The average molecular weight is 419 g/mol. The molecule has 30 heavy (non-hydrogen) atoms. The standard InChI is InChI=1S/C21H23F2N3O4/c1-21(5-6-21)11-26-7-4-16(14(10-26)20(28)29)24-19(27)17-9-18(30-25-17)13-3-2-12(22)8-15(13)23/h2-3,8-9,14,16H,4-7,10-11H2,1H3,(H,24,27)(H,28,29). The quantitative estimate of drug-likeness (QED) is 0.748. The van der Waals surface area contributed by atoms with Gasteiger partial charge in [0.25, 0.3) is 5.91 Å². The van der Waals surface area contributed by atoms with Crippen molar-refractivity contribution in [2.45, 2.75) is 32.2 Å². The lowest BCUT2D eigenvalue weighted by atomic mass is 9.91.